The van der Waals surface area contributed by atoms with Crippen LogP contribution < -0.4 is 0 Å². The molecule has 0 aromatic heterocycles. The predicted octanol–water partition coefficient (Wildman–Crippen LogP) is 2.21. The molecule has 0 aromatic rings. The van der Waals surface area contributed by atoms with Gasteiger partial charge in [0.05, 0.1) is 12.7 Å². The van der Waals surface area contributed by atoms with Crippen molar-refractivity contribution < 1.29 is 4.74 Å². The topological polar surface area (TPSA) is 12.5 Å². The third-order valence-corrected chi connectivity index (χ3v) is 1.71. The highest BCUT2D eigenvalue weighted by Crippen LogP contribution is 2.18. The quantitative estimate of drug-likeness (QED) is 0.529. The van der Waals surface area contributed by atoms with E-state index in [9.17, 15) is 0 Å². The van der Waals surface area contributed by atoms with E-state index in [4.69, 9.17) is 4.74 Å². The van der Waals surface area contributed by atoms with Gasteiger partial charge in [-0.15, -0.1) is 0 Å². The van der Waals surface area contributed by atoms with Crippen LogP contribution in [0.2, 0.25) is 0 Å². The Bertz CT molecular complexity index is 72.6. The summed E-state index contributed by atoms with van der Waals surface area (Å²) in [5.74, 6) is 0.865. The highest BCUT2D eigenvalue weighted by molar-refractivity contribution is 4.68. The van der Waals surface area contributed by atoms with Gasteiger partial charge in [-0.05, 0) is 12.3 Å². The van der Waals surface area contributed by atoms with Crippen molar-refractivity contribution in [2.45, 2.75) is 39.2 Å². The van der Waals surface area contributed by atoms with Crippen molar-refractivity contribution in [3.05, 3.63) is 0 Å². The molecule has 0 radical (unpaired) electrons. The van der Waals surface area contributed by atoms with Crippen molar-refractivity contribution in [2.24, 2.45) is 5.92 Å². The van der Waals surface area contributed by atoms with Gasteiger partial charge >= 0.3 is 0 Å². The van der Waals surface area contributed by atoms with Crippen LogP contribution in [0, 0.1) is 5.92 Å². The van der Waals surface area contributed by atoms with Crippen LogP contribution in [0.25, 0.3) is 0 Å². The lowest BCUT2D eigenvalue weighted by Crippen LogP contribution is -1.90. The number of rotatable bonds is 4. The Labute approximate surface area is 57.4 Å². The lowest BCUT2D eigenvalue weighted by atomic mass is 10.1. The Hall–Kier alpha value is -0.0400. The third kappa shape index (κ3) is 3.52. The first-order chi connectivity index (χ1) is 4.29. The second-order valence-corrected chi connectivity index (χ2v) is 3.28. The Morgan fingerprint density at radius 2 is 2.22 bits per heavy atom. The summed E-state index contributed by atoms with van der Waals surface area (Å²) in [6.45, 7) is 5.57. The van der Waals surface area contributed by atoms with Crippen LogP contribution in [0.15, 0.2) is 0 Å². The maximum atomic E-state index is 5.09. The minimum absolute atomic E-state index is 0.642. The van der Waals surface area contributed by atoms with E-state index in [2.05, 4.69) is 13.8 Å². The normalized spacial score (nSPS) is 25.0. The number of epoxide rings is 1. The zero-order chi connectivity index (χ0) is 6.69. The fourth-order valence-corrected chi connectivity index (χ4v) is 0.988. The monoisotopic (exact) mass is 128 g/mol. The fraction of sp³-hybridized carbons (Fsp3) is 1.00. The average molecular weight is 128 g/mol. The molecule has 1 saturated heterocycles. The summed E-state index contributed by atoms with van der Waals surface area (Å²) in [6, 6.07) is 0. The van der Waals surface area contributed by atoms with Crippen LogP contribution in [-0.2, 0) is 4.74 Å². The van der Waals surface area contributed by atoms with Gasteiger partial charge in [-0.1, -0.05) is 26.7 Å². The molecule has 0 amide bonds. The molecule has 0 spiro atoms. The molecule has 0 saturated carbocycles. The smallest absolute Gasteiger partial charge is 0.0810 e. The molecule has 0 aromatic carbocycles. The van der Waals surface area contributed by atoms with E-state index in [0.29, 0.717) is 6.10 Å². The molecule has 1 nitrogen and oxygen atoms in total. The van der Waals surface area contributed by atoms with Crippen molar-refractivity contribution >= 4 is 0 Å². The SMILES string of the molecule is CC(C)CCC[C@H]1CO1. The number of hydrogen-bond acceptors (Lipinski definition) is 1. The Morgan fingerprint density at radius 3 is 2.67 bits per heavy atom. The number of ether oxygens (including phenoxy) is 1. The van der Waals surface area contributed by atoms with Gasteiger partial charge in [0.15, 0.2) is 0 Å². The Morgan fingerprint density at radius 1 is 1.56 bits per heavy atom. The maximum Gasteiger partial charge on any atom is 0.0810 e. The zero-order valence-electron chi connectivity index (χ0n) is 6.39. The summed E-state index contributed by atoms with van der Waals surface area (Å²) in [7, 11) is 0. The second kappa shape index (κ2) is 3.21. The highest BCUT2D eigenvalue weighted by Gasteiger charge is 2.20. The molecular formula is C8H16O. The van der Waals surface area contributed by atoms with Crippen molar-refractivity contribution in [1.82, 2.24) is 0 Å². The first-order valence-electron chi connectivity index (χ1n) is 3.90. The van der Waals surface area contributed by atoms with E-state index in [-0.39, 0.29) is 0 Å². The summed E-state index contributed by atoms with van der Waals surface area (Å²) in [4.78, 5) is 0. The van der Waals surface area contributed by atoms with E-state index in [1.54, 1.807) is 0 Å². The predicted molar refractivity (Wildman–Crippen MR) is 38.4 cm³/mol. The molecule has 9 heavy (non-hydrogen) atoms. The van der Waals surface area contributed by atoms with Crippen LogP contribution >= 0.6 is 0 Å². The van der Waals surface area contributed by atoms with Crippen molar-refractivity contribution in [2.75, 3.05) is 6.61 Å². The largest absolute Gasteiger partial charge is 0.373 e. The van der Waals surface area contributed by atoms with Gasteiger partial charge in [-0.3, -0.25) is 0 Å². The molecule has 0 bridgehead atoms. The van der Waals surface area contributed by atoms with Crippen LogP contribution in [0.5, 0.6) is 0 Å². The van der Waals surface area contributed by atoms with E-state index in [1.807, 2.05) is 0 Å². The van der Waals surface area contributed by atoms with Crippen molar-refractivity contribution in [3.63, 3.8) is 0 Å². The zero-order valence-corrected chi connectivity index (χ0v) is 6.39. The lowest BCUT2D eigenvalue weighted by molar-refractivity contribution is 0.382. The first-order valence-corrected chi connectivity index (χ1v) is 3.90. The van der Waals surface area contributed by atoms with Crippen LogP contribution in [-0.4, -0.2) is 12.7 Å². The van der Waals surface area contributed by atoms with Gasteiger partial charge in [-0.25, -0.2) is 0 Å². The van der Waals surface area contributed by atoms with E-state index in [1.165, 1.54) is 19.3 Å². The minimum atomic E-state index is 0.642. The molecule has 1 aliphatic rings. The second-order valence-electron chi connectivity index (χ2n) is 3.28. The average Bonchev–Trinajstić information content (AvgIpc) is 2.48. The molecule has 0 unspecified atom stereocenters. The molecule has 1 heterocycles. The molecule has 0 aliphatic carbocycles. The van der Waals surface area contributed by atoms with Gasteiger partial charge in [-0.2, -0.15) is 0 Å². The van der Waals surface area contributed by atoms with Crippen LogP contribution in [0.1, 0.15) is 33.1 Å². The van der Waals surface area contributed by atoms with Crippen molar-refractivity contribution in [1.29, 1.82) is 0 Å². The third-order valence-electron chi connectivity index (χ3n) is 1.71. The standard InChI is InChI=1S/C8H16O/c1-7(2)4-3-5-8-6-9-8/h7-8H,3-6H2,1-2H3/t8-/m0/s1. The maximum absolute atomic E-state index is 5.09. The first kappa shape index (κ1) is 7.07. The lowest BCUT2D eigenvalue weighted by Gasteiger charge is -2.00. The number of hydrogen-bond donors (Lipinski definition) is 0. The summed E-state index contributed by atoms with van der Waals surface area (Å²) < 4.78 is 5.09. The Kier molecular flexibility index (Phi) is 2.52. The molecular weight excluding hydrogens is 112 g/mol. The minimum Gasteiger partial charge on any atom is -0.373 e. The van der Waals surface area contributed by atoms with Crippen molar-refractivity contribution in [3.8, 4) is 0 Å². The summed E-state index contributed by atoms with van der Waals surface area (Å²) in [6.07, 6.45) is 4.64. The van der Waals surface area contributed by atoms with E-state index in [0.717, 1.165) is 12.5 Å². The van der Waals surface area contributed by atoms with Gasteiger partial charge in [0.25, 0.3) is 0 Å². The molecule has 1 heteroatoms. The summed E-state index contributed by atoms with van der Waals surface area (Å²) in [5, 5.41) is 0. The van der Waals surface area contributed by atoms with Crippen LogP contribution in [0.4, 0.5) is 0 Å². The molecule has 1 rings (SSSR count). The molecule has 1 fully saturated rings. The highest BCUT2D eigenvalue weighted by atomic mass is 16.6. The van der Waals surface area contributed by atoms with Crippen LogP contribution in [0.3, 0.4) is 0 Å². The van der Waals surface area contributed by atoms with Gasteiger partial charge < -0.3 is 4.74 Å². The summed E-state index contributed by atoms with van der Waals surface area (Å²) in [5.41, 5.74) is 0. The fourth-order valence-electron chi connectivity index (χ4n) is 0.988. The van der Waals surface area contributed by atoms with Gasteiger partial charge in [0.2, 0.25) is 0 Å². The van der Waals surface area contributed by atoms with E-state index >= 15 is 0 Å². The molecule has 54 valence electrons. The van der Waals surface area contributed by atoms with Gasteiger partial charge in [0.1, 0.15) is 0 Å². The summed E-state index contributed by atoms with van der Waals surface area (Å²) >= 11 is 0. The molecule has 1 atom stereocenters. The van der Waals surface area contributed by atoms with Gasteiger partial charge in [0, 0.05) is 0 Å². The Balaban J connectivity index is 1.81. The molecule has 0 N–H and O–H groups in total. The van der Waals surface area contributed by atoms with E-state index < -0.39 is 0 Å². The molecule has 1 aliphatic heterocycles.